The number of aliphatic imine (C=N–C) groups is 1. The Kier molecular flexibility index (Phi) is 4.32. The van der Waals surface area contributed by atoms with Crippen LogP contribution in [0.25, 0.3) is 0 Å². The van der Waals surface area contributed by atoms with Crippen molar-refractivity contribution < 1.29 is 4.79 Å². The quantitative estimate of drug-likeness (QED) is 0.605. The van der Waals surface area contributed by atoms with Crippen LogP contribution in [0.3, 0.4) is 0 Å². The first kappa shape index (κ1) is 10.9. The lowest BCUT2D eigenvalue weighted by atomic mass is 9.97. The summed E-state index contributed by atoms with van der Waals surface area (Å²) in [5.74, 6) is 0.418. The van der Waals surface area contributed by atoms with Crippen molar-refractivity contribution in [2.24, 2.45) is 10.9 Å². The molecule has 4 nitrogen and oxygen atoms in total. The zero-order valence-electron chi connectivity index (χ0n) is 8.55. The molecule has 0 bridgehead atoms. The molecule has 0 unspecified atom stereocenters. The minimum Gasteiger partial charge on any atom is -0.355 e. The third-order valence-corrected chi connectivity index (χ3v) is 2.19. The van der Waals surface area contributed by atoms with Gasteiger partial charge in [0.15, 0.2) is 0 Å². The van der Waals surface area contributed by atoms with Crippen LogP contribution in [-0.4, -0.2) is 37.8 Å². The lowest BCUT2D eigenvalue weighted by Gasteiger charge is -2.27. The summed E-state index contributed by atoms with van der Waals surface area (Å²) >= 11 is 0. The van der Waals surface area contributed by atoms with Crippen LogP contribution in [0.15, 0.2) is 17.6 Å². The van der Waals surface area contributed by atoms with E-state index in [2.05, 4.69) is 22.2 Å². The third-order valence-electron chi connectivity index (χ3n) is 2.19. The fourth-order valence-electron chi connectivity index (χ4n) is 1.27. The summed E-state index contributed by atoms with van der Waals surface area (Å²) in [5, 5.41) is 5.86. The van der Waals surface area contributed by atoms with Crippen molar-refractivity contribution in [1.29, 1.82) is 0 Å². The minimum atomic E-state index is -0.0286. The second kappa shape index (κ2) is 5.54. The van der Waals surface area contributed by atoms with E-state index in [-0.39, 0.29) is 12.5 Å². The summed E-state index contributed by atoms with van der Waals surface area (Å²) in [4.78, 5) is 15.4. The maximum atomic E-state index is 11.1. The van der Waals surface area contributed by atoms with Crippen molar-refractivity contribution in [1.82, 2.24) is 10.6 Å². The number of nitrogens with zero attached hydrogens (tertiary/aromatic N) is 1. The number of hydrogen-bond acceptors (Lipinski definition) is 3. The molecule has 1 rings (SSSR count). The van der Waals surface area contributed by atoms with Crippen molar-refractivity contribution in [2.75, 3.05) is 26.2 Å². The molecule has 0 radical (unpaired) electrons. The molecule has 2 N–H and O–H groups in total. The summed E-state index contributed by atoms with van der Waals surface area (Å²) in [6.07, 6.45) is 1.74. The van der Waals surface area contributed by atoms with Gasteiger partial charge in [-0.1, -0.05) is 6.58 Å². The predicted octanol–water partition coefficient (Wildman–Crippen LogP) is -0.0311. The summed E-state index contributed by atoms with van der Waals surface area (Å²) < 4.78 is 0. The highest BCUT2D eigenvalue weighted by molar-refractivity contribution is 5.98. The lowest BCUT2D eigenvalue weighted by Crippen LogP contribution is -2.46. The zero-order valence-corrected chi connectivity index (χ0v) is 8.55. The molecule has 0 aromatic carbocycles. The fourth-order valence-corrected chi connectivity index (χ4v) is 1.27. The van der Waals surface area contributed by atoms with Crippen molar-refractivity contribution in [3.05, 3.63) is 12.7 Å². The van der Waals surface area contributed by atoms with E-state index in [1.807, 2.05) is 6.92 Å². The molecule has 0 aromatic heterocycles. The van der Waals surface area contributed by atoms with Gasteiger partial charge in [-0.15, -0.1) is 0 Å². The van der Waals surface area contributed by atoms with Crippen molar-refractivity contribution in [3.63, 3.8) is 0 Å². The number of allylic oxidation sites excluding steroid dienone is 1. The Bertz CT molecular complexity index is 244. The molecule has 0 saturated carbocycles. The first-order chi connectivity index (χ1) is 6.77. The molecule has 1 amide bonds. The number of carbonyl (C=O) groups is 1. The van der Waals surface area contributed by atoms with Crippen LogP contribution in [0.2, 0.25) is 0 Å². The van der Waals surface area contributed by atoms with Crippen molar-refractivity contribution >= 4 is 11.6 Å². The van der Waals surface area contributed by atoms with Gasteiger partial charge in [0.1, 0.15) is 6.54 Å². The second-order valence-corrected chi connectivity index (χ2v) is 3.25. The predicted molar refractivity (Wildman–Crippen MR) is 57.5 cm³/mol. The molecule has 0 aliphatic carbocycles. The van der Waals surface area contributed by atoms with Crippen LogP contribution in [0.5, 0.6) is 0 Å². The number of hydrogen-bond donors (Lipinski definition) is 2. The summed E-state index contributed by atoms with van der Waals surface area (Å²) in [6.45, 7) is 8.35. The van der Waals surface area contributed by atoms with Gasteiger partial charge in [0.2, 0.25) is 5.91 Å². The molecule has 14 heavy (non-hydrogen) atoms. The summed E-state index contributed by atoms with van der Waals surface area (Å²) in [6, 6.07) is 0. The molecule has 0 atom stereocenters. The van der Waals surface area contributed by atoms with E-state index in [1.165, 1.54) is 0 Å². The van der Waals surface area contributed by atoms with Gasteiger partial charge in [0.25, 0.3) is 0 Å². The normalized spacial score (nSPS) is 17.4. The Morgan fingerprint density at radius 3 is 2.86 bits per heavy atom. The van der Waals surface area contributed by atoms with E-state index >= 15 is 0 Å². The smallest absolute Gasteiger partial charge is 0.241 e. The van der Waals surface area contributed by atoms with Crippen LogP contribution < -0.4 is 10.6 Å². The highest BCUT2D eigenvalue weighted by Gasteiger charge is 2.20. The van der Waals surface area contributed by atoms with E-state index in [0.29, 0.717) is 12.5 Å². The molecule has 1 saturated heterocycles. The number of carbonyl (C=O) groups excluding carboxylic acids is 1. The number of nitrogens with one attached hydrogen (secondary N) is 2. The van der Waals surface area contributed by atoms with Gasteiger partial charge in [0.05, 0.1) is 0 Å². The van der Waals surface area contributed by atoms with Gasteiger partial charge in [0, 0.05) is 31.3 Å². The zero-order chi connectivity index (χ0) is 10.4. The maximum Gasteiger partial charge on any atom is 0.241 e. The second-order valence-electron chi connectivity index (χ2n) is 3.25. The average Bonchev–Trinajstić information content (AvgIpc) is 2.09. The SMILES string of the molecule is C=CC(=NCC(=O)NCC)C1CNC1. The van der Waals surface area contributed by atoms with Gasteiger partial charge in [-0.25, -0.2) is 0 Å². The van der Waals surface area contributed by atoms with E-state index in [1.54, 1.807) is 6.08 Å². The van der Waals surface area contributed by atoms with Gasteiger partial charge in [-0.05, 0) is 13.0 Å². The molecule has 1 fully saturated rings. The van der Waals surface area contributed by atoms with Crippen LogP contribution in [0, 0.1) is 5.92 Å². The van der Waals surface area contributed by atoms with E-state index in [4.69, 9.17) is 0 Å². The molecule has 1 aliphatic rings. The van der Waals surface area contributed by atoms with Gasteiger partial charge in [-0.2, -0.15) is 0 Å². The number of amides is 1. The Labute approximate surface area is 84.5 Å². The van der Waals surface area contributed by atoms with Crippen LogP contribution >= 0.6 is 0 Å². The highest BCUT2D eigenvalue weighted by Crippen LogP contribution is 2.06. The van der Waals surface area contributed by atoms with Gasteiger partial charge in [-0.3, -0.25) is 9.79 Å². The first-order valence-electron chi connectivity index (χ1n) is 4.92. The van der Waals surface area contributed by atoms with Crippen LogP contribution in [0.4, 0.5) is 0 Å². The number of likely N-dealkylation sites (N-methyl/N-ethyl adjacent to an activating group) is 1. The largest absolute Gasteiger partial charge is 0.355 e. The average molecular weight is 195 g/mol. The molecule has 4 heteroatoms. The van der Waals surface area contributed by atoms with Crippen LogP contribution in [0.1, 0.15) is 6.92 Å². The Balaban J connectivity index is 2.39. The van der Waals surface area contributed by atoms with Crippen molar-refractivity contribution in [2.45, 2.75) is 6.92 Å². The van der Waals surface area contributed by atoms with E-state index in [0.717, 1.165) is 18.8 Å². The fraction of sp³-hybridized carbons (Fsp3) is 0.600. The lowest BCUT2D eigenvalue weighted by molar-refractivity contribution is -0.119. The third kappa shape index (κ3) is 2.96. The Hall–Kier alpha value is -1.16. The van der Waals surface area contributed by atoms with E-state index < -0.39 is 0 Å². The molecular formula is C10H17N3O. The summed E-state index contributed by atoms with van der Waals surface area (Å²) in [5.41, 5.74) is 0.940. The monoisotopic (exact) mass is 195 g/mol. The highest BCUT2D eigenvalue weighted by atomic mass is 16.1. The molecule has 78 valence electrons. The molecule has 1 aliphatic heterocycles. The van der Waals surface area contributed by atoms with E-state index in [9.17, 15) is 4.79 Å². The standard InChI is InChI=1S/C10H17N3O/c1-3-9(8-5-11-6-8)13-7-10(14)12-4-2/h3,8,11H,1,4-7H2,2H3,(H,12,14). The first-order valence-corrected chi connectivity index (χ1v) is 4.92. The maximum absolute atomic E-state index is 11.1. The Morgan fingerprint density at radius 2 is 2.43 bits per heavy atom. The number of rotatable bonds is 5. The van der Waals surface area contributed by atoms with Crippen molar-refractivity contribution in [3.8, 4) is 0 Å². The topological polar surface area (TPSA) is 53.5 Å². The Morgan fingerprint density at radius 1 is 1.71 bits per heavy atom. The molecular weight excluding hydrogens is 178 g/mol. The molecule has 1 heterocycles. The van der Waals surface area contributed by atoms with Crippen LogP contribution in [-0.2, 0) is 4.79 Å². The molecule has 0 aromatic rings. The van der Waals surface area contributed by atoms with Gasteiger partial charge < -0.3 is 10.6 Å². The summed E-state index contributed by atoms with van der Waals surface area (Å²) in [7, 11) is 0. The minimum absolute atomic E-state index is 0.0286. The van der Waals surface area contributed by atoms with Gasteiger partial charge >= 0.3 is 0 Å². The molecule has 0 spiro atoms.